The number of carboxylic acid groups (broad SMARTS) is 1. The summed E-state index contributed by atoms with van der Waals surface area (Å²) in [7, 11) is 0. The lowest BCUT2D eigenvalue weighted by Crippen LogP contribution is -2.08. The minimum absolute atomic E-state index is 0.192. The van der Waals surface area contributed by atoms with E-state index in [4.69, 9.17) is 0 Å². The van der Waals surface area contributed by atoms with Gasteiger partial charge in [-0.25, -0.2) is 14.2 Å². The normalized spacial score (nSPS) is 16.4. The van der Waals surface area contributed by atoms with Crippen molar-refractivity contribution in [3.8, 4) is 0 Å². The predicted octanol–water partition coefficient (Wildman–Crippen LogP) is 6.01. The van der Waals surface area contributed by atoms with Gasteiger partial charge < -0.3 is 9.67 Å². The summed E-state index contributed by atoms with van der Waals surface area (Å²) < 4.78 is 16.1. The molecule has 1 fully saturated rings. The molecule has 1 saturated carbocycles. The fourth-order valence-corrected chi connectivity index (χ4v) is 3.54. The number of benzene rings is 1. The lowest BCUT2D eigenvalue weighted by molar-refractivity contribution is 0.0697. The highest BCUT2D eigenvalue weighted by atomic mass is 79.9. The van der Waals surface area contributed by atoms with Crippen LogP contribution in [0, 0.1) is 0 Å². The molecule has 26 heavy (non-hydrogen) atoms. The molecule has 1 aliphatic rings. The van der Waals surface area contributed by atoms with Crippen molar-refractivity contribution in [2.45, 2.75) is 38.6 Å². The molecule has 3 rings (SSSR count). The number of hydrogen-bond acceptors (Lipinski definition) is 2. The number of imidazole rings is 1. The molecule has 1 aliphatic carbocycles. The van der Waals surface area contributed by atoms with Crippen LogP contribution in [0.25, 0.3) is 16.6 Å². The van der Waals surface area contributed by atoms with Gasteiger partial charge in [-0.1, -0.05) is 25.5 Å². The van der Waals surface area contributed by atoms with E-state index < -0.39 is 11.8 Å². The topological polar surface area (TPSA) is 55.1 Å². The average molecular weight is 419 g/mol. The first-order chi connectivity index (χ1) is 12.4. The molecular formula is C20H20BrFN2O2. The van der Waals surface area contributed by atoms with E-state index >= 15 is 0 Å². The molecule has 6 heteroatoms. The van der Waals surface area contributed by atoms with Crippen LogP contribution in [0.2, 0.25) is 0 Å². The van der Waals surface area contributed by atoms with E-state index in [2.05, 4.69) is 32.1 Å². The lowest BCUT2D eigenvalue weighted by Gasteiger charge is -2.16. The van der Waals surface area contributed by atoms with Crippen LogP contribution in [0.1, 0.15) is 54.8 Å². The molecule has 0 bridgehead atoms. The number of halogens is 2. The number of fused-ring (bicyclic) bond motifs is 1. The van der Waals surface area contributed by atoms with Gasteiger partial charge in [0.15, 0.2) is 0 Å². The minimum atomic E-state index is -0.975. The molecule has 136 valence electrons. The van der Waals surface area contributed by atoms with E-state index in [1.54, 1.807) is 18.2 Å². The number of nitrogens with zero attached hydrogens (tertiary/aromatic N) is 2. The van der Waals surface area contributed by atoms with Crippen LogP contribution in [0.3, 0.4) is 0 Å². The standard InChI is InChI=1S/C20H20BrFN2O2/c1-12(7-9-16(22)13(2)21)19-23-17-11-14(20(25)26)8-10-18(17)24(19)15-5-3-4-6-15/h7-11,15H,2-6H2,1H3,(H,25,26)/b12-7+,16-9+. The summed E-state index contributed by atoms with van der Waals surface area (Å²) in [6, 6.07) is 5.34. The van der Waals surface area contributed by atoms with Crippen LogP contribution in [0.5, 0.6) is 0 Å². The second-order valence-electron chi connectivity index (χ2n) is 6.52. The molecule has 1 N–H and O–H groups in total. The highest BCUT2D eigenvalue weighted by Crippen LogP contribution is 2.35. The molecule has 0 unspecified atom stereocenters. The van der Waals surface area contributed by atoms with E-state index in [0.29, 0.717) is 11.6 Å². The van der Waals surface area contributed by atoms with Crippen molar-refractivity contribution in [2.24, 2.45) is 0 Å². The summed E-state index contributed by atoms with van der Waals surface area (Å²) in [5, 5.41) is 9.23. The number of aromatic nitrogens is 2. The second kappa shape index (κ2) is 7.58. The first-order valence-electron chi connectivity index (χ1n) is 8.53. The molecule has 0 saturated heterocycles. The lowest BCUT2D eigenvalue weighted by atomic mass is 10.1. The molecule has 1 heterocycles. The first kappa shape index (κ1) is 18.6. The Morgan fingerprint density at radius 1 is 1.38 bits per heavy atom. The fraction of sp³-hybridized carbons (Fsp3) is 0.300. The zero-order valence-electron chi connectivity index (χ0n) is 14.5. The van der Waals surface area contributed by atoms with Crippen molar-refractivity contribution >= 4 is 38.5 Å². The third kappa shape index (κ3) is 3.65. The maximum Gasteiger partial charge on any atom is 0.335 e. The van der Waals surface area contributed by atoms with Crippen molar-refractivity contribution in [3.63, 3.8) is 0 Å². The van der Waals surface area contributed by atoms with E-state index in [1.165, 1.54) is 6.08 Å². The predicted molar refractivity (Wildman–Crippen MR) is 105 cm³/mol. The van der Waals surface area contributed by atoms with Crippen LogP contribution in [-0.4, -0.2) is 20.6 Å². The van der Waals surface area contributed by atoms with Crippen molar-refractivity contribution in [1.29, 1.82) is 0 Å². The molecule has 0 spiro atoms. The number of rotatable bonds is 5. The third-order valence-electron chi connectivity index (χ3n) is 4.72. The van der Waals surface area contributed by atoms with Crippen LogP contribution >= 0.6 is 15.9 Å². The highest BCUT2D eigenvalue weighted by Gasteiger charge is 2.23. The van der Waals surface area contributed by atoms with E-state index in [-0.39, 0.29) is 10.0 Å². The molecule has 1 aromatic heterocycles. The van der Waals surface area contributed by atoms with Gasteiger partial charge in [-0.3, -0.25) is 0 Å². The summed E-state index contributed by atoms with van der Waals surface area (Å²) >= 11 is 3.02. The van der Waals surface area contributed by atoms with Crippen LogP contribution in [-0.2, 0) is 0 Å². The minimum Gasteiger partial charge on any atom is -0.478 e. The van der Waals surface area contributed by atoms with Gasteiger partial charge in [-0.2, -0.15) is 0 Å². The summed E-state index contributed by atoms with van der Waals surface area (Å²) in [4.78, 5) is 15.9. The molecule has 0 aliphatic heterocycles. The number of carbonyl (C=O) groups is 1. The smallest absolute Gasteiger partial charge is 0.335 e. The average Bonchev–Trinajstić information content (AvgIpc) is 3.25. The van der Waals surface area contributed by atoms with Gasteiger partial charge in [-0.05, 0) is 65.5 Å². The molecule has 1 aromatic carbocycles. The molecule has 0 amide bonds. The van der Waals surface area contributed by atoms with Gasteiger partial charge in [0.25, 0.3) is 0 Å². The second-order valence-corrected chi connectivity index (χ2v) is 7.48. The van der Waals surface area contributed by atoms with Gasteiger partial charge in [0, 0.05) is 10.5 Å². The number of carboxylic acids is 1. The van der Waals surface area contributed by atoms with Crippen LogP contribution < -0.4 is 0 Å². The zero-order chi connectivity index (χ0) is 18.8. The van der Waals surface area contributed by atoms with Crippen molar-refractivity contribution in [1.82, 2.24) is 9.55 Å². The Morgan fingerprint density at radius 2 is 2.08 bits per heavy atom. The highest BCUT2D eigenvalue weighted by molar-refractivity contribution is 9.11. The Morgan fingerprint density at radius 3 is 2.69 bits per heavy atom. The molecule has 0 radical (unpaired) electrons. The Bertz CT molecular complexity index is 937. The van der Waals surface area contributed by atoms with Gasteiger partial charge in [0.2, 0.25) is 0 Å². The summed E-state index contributed by atoms with van der Waals surface area (Å²) in [6.07, 6.45) is 7.49. The quantitative estimate of drug-likeness (QED) is 0.604. The van der Waals surface area contributed by atoms with Gasteiger partial charge in [0.05, 0.1) is 16.6 Å². The van der Waals surface area contributed by atoms with Gasteiger partial charge >= 0.3 is 5.97 Å². The first-order valence-corrected chi connectivity index (χ1v) is 9.32. The zero-order valence-corrected chi connectivity index (χ0v) is 16.1. The Labute approximate surface area is 159 Å². The van der Waals surface area contributed by atoms with Crippen molar-refractivity contribution in [3.05, 3.63) is 58.6 Å². The summed E-state index contributed by atoms with van der Waals surface area (Å²) in [6.45, 7) is 5.40. The third-order valence-corrected chi connectivity index (χ3v) is 5.10. The maximum absolute atomic E-state index is 13.7. The molecule has 2 aromatic rings. The van der Waals surface area contributed by atoms with E-state index in [1.807, 2.05) is 13.0 Å². The largest absolute Gasteiger partial charge is 0.478 e. The Balaban J connectivity index is 2.14. The molecule has 4 nitrogen and oxygen atoms in total. The van der Waals surface area contributed by atoms with Crippen molar-refractivity contribution in [2.75, 3.05) is 0 Å². The molecular weight excluding hydrogens is 399 g/mol. The number of hydrogen-bond donors (Lipinski definition) is 1. The van der Waals surface area contributed by atoms with Crippen molar-refractivity contribution < 1.29 is 14.3 Å². The Hall–Kier alpha value is -2.21. The monoisotopic (exact) mass is 418 g/mol. The van der Waals surface area contributed by atoms with E-state index in [0.717, 1.165) is 42.6 Å². The SMILES string of the molecule is C=C(Br)/C(F)=C\C=C(/C)c1nc2cc(C(=O)O)ccc2n1C1CCCC1. The van der Waals surface area contributed by atoms with E-state index in [9.17, 15) is 14.3 Å². The number of aromatic carboxylic acids is 1. The van der Waals surface area contributed by atoms with Gasteiger partial charge in [-0.15, -0.1) is 0 Å². The summed E-state index contributed by atoms with van der Waals surface area (Å²) in [5.41, 5.74) is 2.59. The van der Waals surface area contributed by atoms with Gasteiger partial charge in [0.1, 0.15) is 11.7 Å². The van der Waals surface area contributed by atoms with Crippen LogP contribution in [0.15, 0.2) is 47.2 Å². The Kier molecular flexibility index (Phi) is 5.41. The number of allylic oxidation sites excluding steroid dienone is 5. The molecule has 0 atom stereocenters. The fourth-order valence-electron chi connectivity index (χ4n) is 3.41. The summed E-state index contributed by atoms with van der Waals surface area (Å²) in [5.74, 6) is -0.670. The maximum atomic E-state index is 13.7. The van der Waals surface area contributed by atoms with Crippen LogP contribution in [0.4, 0.5) is 4.39 Å².